The van der Waals surface area contributed by atoms with Crippen molar-refractivity contribution in [2.45, 2.75) is 19.3 Å². The quantitative estimate of drug-likeness (QED) is 0.334. The summed E-state index contributed by atoms with van der Waals surface area (Å²) < 4.78 is 1.57. The smallest absolute Gasteiger partial charge is 0.118 e. The van der Waals surface area contributed by atoms with Gasteiger partial charge >= 0.3 is 0 Å². The van der Waals surface area contributed by atoms with Crippen molar-refractivity contribution in [2.75, 3.05) is 0 Å². The normalized spacial score (nSPS) is 11.5. The Kier molecular flexibility index (Phi) is 6.19. The number of aromatic hydroxyl groups is 1. The van der Waals surface area contributed by atoms with Crippen LogP contribution in [0.4, 0.5) is 0 Å². The minimum atomic E-state index is 0.376. The van der Waals surface area contributed by atoms with E-state index in [0.717, 1.165) is 46.3 Å². The molecule has 0 bridgehead atoms. The largest absolute Gasteiger partial charge is 0.508 e. The molecule has 1 N–H and O–H groups in total. The number of aryl methyl sites for hydroxylation is 2. The molecule has 0 aliphatic rings. The van der Waals surface area contributed by atoms with Crippen LogP contribution in [-0.4, -0.2) is 10.1 Å². The van der Waals surface area contributed by atoms with Crippen LogP contribution in [0, 0.1) is 0 Å². The van der Waals surface area contributed by atoms with E-state index in [1.807, 2.05) is 36.4 Å². The van der Waals surface area contributed by atoms with Gasteiger partial charge in [-0.15, -0.1) is 11.3 Å². The number of phenols is 1. The third-order valence-electron chi connectivity index (χ3n) is 4.76. The molecule has 0 aliphatic heterocycles. The molecule has 0 fully saturated rings. The van der Waals surface area contributed by atoms with Gasteiger partial charge in [0.25, 0.3) is 0 Å². The van der Waals surface area contributed by atoms with E-state index in [-0.39, 0.29) is 0 Å². The highest BCUT2D eigenvalue weighted by Gasteiger charge is 2.09. The van der Waals surface area contributed by atoms with Gasteiger partial charge in [-0.1, -0.05) is 71.7 Å². The summed E-state index contributed by atoms with van der Waals surface area (Å²) in [5, 5.41) is 10.4. The van der Waals surface area contributed by atoms with Gasteiger partial charge in [-0.05, 0) is 60.2 Å². The van der Waals surface area contributed by atoms with Crippen LogP contribution in [0.1, 0.15) is 28.8 Å². The fourth-order valence-corrected chi connectivity index (χ4v) is 4.68. The fraction of sp³-hybridized carbons (Fsp3) is 0.125. The molecule has 0 aliphatic carbocycles. The van der Waals surface area contributed by atoms with Crippen molar-refractivity contribution >= 4 is 56.9 Å². The fourth-order valence-electron chi connectivity index (χ4n) is 3.27. The van der Waals surface area contributed by atoms with Crippen molar-refractivity contribution in [3.05, 3.63) is 92.4 Å². The van der Waals surface area contributed by atoms with Gasteiger partial charge in [0.05, 0.1) is 15.4 Å². The van der Waals surface area contributed by atoms with Gasteiger partial charge in [-0.3, -0.25) is 0 Å². The van der Waals surface area contributed by atoms with Crippen LogP contribution in [0.15, 0.2) is 60.7 Å². The molecule has 2 nitrogen and oxygen atoms in total. The summed E-state index contributed by atoms with van der Waals surface area (Å²) in [7, 11) is 0. The molecule has 2 aromatic heterocycles. The molecule has 146 valence electrons. The third kappa shape index (κ3) is 4.81. The number of halogens is 2. The Bertz CT molecular complexity index is 1180. The predicted molar refractivity (Wildman–Crippen MR) is 125 cm³/mol. The molecule has 0 spiro atoms. The molecule has 5 heteroatoms. The predicted octanol–water partition coefficient (Wildman–Crippen LogP) is 7.65. The van der Waals surface area contributed by atoms with E-state index in [4.69, 9.17) is 23.2 Å². The number of phenolic OH excluding ortho intramolecular Hbond substituents is 1. The topological polar surface area (TPSA) is 33.1 Å². The molecule has 0 saturated heterocycles. The van der Waals surface area contributed by atoms with E-state index < -0.39 is 0 Å². The number of fused-ring (bicyclic) bond motifs is 1. The zero-order valence-corrected chi connectivity index (χ0v) is 17.9. The lowest BCUT2D eigenvalue weighted by atomic mass is 10.0. The molecular weight excluding hydrogens is 421 g/mol. The standard InChI is InChI=1S/C24H19Cl2NOS/c25-22-23-21(29-24(22)26)14-13-19(27-23)12-11-17-6-3-5-16(15-17)7-4-9-18-8-1-2-10-20(18)28/h1-3,5-6,8,10-15,28H,4,7,9H2/b12-11+. The maximum absolute atomic E-state index is 9.88. The maximum atomic E-state index is 9.88. The van der Waals surface area contributed by atoms with Crippen LogP contribution in [-0.2, 0) is 12.8 Å². The SMILES string of the molecule is Oc1ccccc1CCCc1cccc(/C=C/c2ccc3sc(Cl)c(Cl)c3n2)c1. The molecule has 4 aromatic rings. The zero-order chi connectivity index (χ0) is 20.2. The lowest BCUT2D eigenvalue weighted by molar-refractivity contribution is 0.467. The second kappa shape index (κ2) is 9.00. The summed E-state index contributed by atoms with van der Waals surface area (Å²) >= 11 is 13.8. The average molecular weight is 440 g/mol. The number of nitrogens with zero attached hydrogens (tertiary/aromatic N) is 1. The van der Waals surface area contributed by atoms with Crippen LogP contribution in [0.2, 0.25) is 9.36 Å². The second-order valence-electron chi connectivity index (χ2n) is 6.83. The van der Waals surface area contributed by atoms with E-state index in [9.17, 15) is 5.11 Å². The Labute approximate surface area is 184 Å². The lowest BCUT2D eigenvalue weighted by Gasteiger charge is -2.05. The van der Waals surface area contributed by atoms with Gasteiger partial charge in [-0.2, -0.15) is 0 Å². The molecule has 4 rings (SSSR count). The summed E-state index contributed by atoms with van der Waals surface area (Å²) in [5.41, 5.74) is 5.00. The third-order valence-corrected chi connectivity index (χ3v) is 6.69. The molecule has 2 aromatic carbocycles. The van der Waals surface area contributed by atoms with E-state index in [1.54, 1.807) is 6.07 Å². The monoisotopic (exact) mass is 439 g/mol. The summed E-state index contributed by atoms with van der Waals surface area (Å²) in [5.74, 6) is 0.376. The number of rotatable bonds is 6. The van der Waals surface area contributed by atoms with Gasteiger partial charge in [0.15, 0.2) is 0 Å². The Morgan fingerprint density at radius 3 is 2.66 bits per heavy atom. The minimum Gasteiger partial charge on any atom is -0.508 e. The molecule has 0 saturated carbocycles. The molecule has 0 radical (unpaired) electrons. The molecule has 0 unspecified atom stereocenters. The molecular formula is C24H19Cl2NOS. The van der Waals surface area contributed by atoms with Gasteiger partial charge in [0.1, 0.15) is 15.6 Å². The highest BCUT2D eigenvalue weighted by molar-refractivity contribution is 7.23. The number of aromatic nitrogens is 1. The van der Waals surface area contributed by atoms with Crippen molar-refractivity contribution in [1.82, 2.24) is 4.98 Å². The number of para-hydroxylation sites is 1. The summed E-state index contributed by atoms with van der Waals surface area (Å²) in [6, 6.07) is 20.0. The first-order valence-electron chi connectivity index (χ1n) is 9.38. The van der Waals surface area contributed by atoms with Crippen molar-refractivity contribution in [1.29, 1.82) is 0 Å². The molecule has 0 atom stereocenters. The highest BCUT2D eigenvalue weighted by Crippen LogP contribution is 2.37. The Balaban J connectivity index is 1.43. The van der Waals surface area contributed by atoms with E-state index in [1.165, 1.54) is 16.9 Å². The van der Waals surface area contributed by atoms with Gasteiger partial charge in [-0.25, -0.2) is 4.98 Å². The van der Waals surface area contributed by atoms with Crippen LogP contribution >= 0.6 is 34.5 Å². The Morgan fingerprint density at radius 2 is 1.79 bits per heavy atom. The minimum absolute atomic E-state index is 0.376. The molecule has 2 heterocycles. The number of benzene rings is 2. The number of pyridine rings is 1. The van der Waals surface area contributed by atoms with Crippen molar-refractivity contribution in [3.8, 4) is 5.75 Å². The van der Waals surface area contributed by atoms with Crippen LogP contribution in [0.25, 0.3) is 22.4 Å². The first-order chi connectivity index (χ1) is 14.1. The number of hydrogen-bond donors (Lipinski definition) is 1. The number of hydrogen-bond acceptors (Lipinski definition) is 3. The summed E-state index contributed by atoms with van der Waals surface area (Å²) in [4.78, 5) is 4.61. The number of thiophene rings is 1. The van der Waals surface area contributed by atoms with Crippen LogP contribution in [0.5, 0.6) is 5.75 Å². The summed E-state index contributed by atoms with van der Waals surface area (Å²) in [6.07, 6.45) is 6.86. The van der Waals surface area contributed by atoms with E-state index >= 15 is 0 Å². The average Bonchev–Trinajstić information content (AvgIpc) is 3.02. The first kappa shape index (κ1) is 20.0. The molecule has 0 amide bonds. The molecule has 29 heavy (non-hydrogen) atoms. The van der Waals surface area contributed by atoms with Gasteiger partial charge in [0.2, 0.25) is 0 Å². The Hall–Kier alpha value is -2.33. The highest BCUT2D eigenvalue weighted by atomic mass is 35.5. The first-order valence-corrected chi connectivity index (χ1v) is 11.0. The second-order valence-corrected chi connectivity index (χ2v) is 8.87. The van der Waals surface area contributed by atoms with Crippen LogP contribution < -0.4 is 0 Å². The van der Waals surface area contributed by atoms with Crippen molar-refractivity contribution in [2.24, 2.45) is 0 Å². The van der Waals surface area contributed by atoms with Crippen molar-refractivity contribution in [3.63, 3.8) is 0 Å². The zero-order valence-electron chi connectivity index (χ0n) is 15.6. The van der Waals surface area contributed by atoms with Crippen molar-refractivity contribution < 1.29 is 5.11 Å². The maximum Gasteiger partial charge on any atom is 0.118 e. The Morgan fingerprint density at radius 1 is 0.931 bits per heavy atom. The van der Waals surface area contributed by atoms with E-state index in [2.05, 4.69) is 35.3 Å². The van der Waals surface area contributed by atoms with E-state index in [0.29, 0.717) is 15.1 Å². The van der Waals surface area contributed by atoms with Gasteiger partial charge in [0, 0.05) is 0 Å². The van der Waals surface area contributed by atoms with Gasteiger partial charge < -0.3 is 5.11 Å². The summed E-state index contributed by atoms with van der Waals surface area (Å²) in [6.45, 7) is 0. The van der Waals surface area contributed by atoms with Crippen LogP contribution in [0.3, 0.4) is 0 Å². The lowest BCUT2D eigenvalue weighted by Crippen LogP contribution is -1.91.